The highest BCUT2D eigenvalue weighted by molar-refractivity contribution is 6.36. The minimum absolute atomic E-state index is 0.0326. The van der Waals surface area contributed by atoms with Crippen LogP contribution in [0.4, 0.5) is 0 Å². The summed E-state index contributed by atoms with van der Waals surface area (Å²) in [5.74, 6) is -8.97. The summed E-state index contributed by atoms with van der Waals surface area (Å²) in [6, 6.07) is 3.12. The van der Waals surface area contributed by atoms with Gasteiger partial charge in [0.1, 0.15) is 17.1 Å². The second-order valence-corrected chi connectivity index (χ2v) is 8.79. The van der Waals surface area contributed by atoms with Gasteiger partial charge in [0.2, 0.25) is 11.6 Å². The van der Waals surface area contributed by atoms with Gasteiger partial charge in [-0.25, -0.2) is 0 Å². The Morgan fingerprint density at radius 1 is 1.12 bits per heavy atom. The quantitative estimate of drug-likeness (QED) is 0.143. The number of carbonyl (C=O) groups excluding carboxylic acids is 3. The van der Waals surface area contributed by atoms with Crippen molar-refractivity contribution in [1.29, 1.82) is 0 Å². The van der Waals surface area contributed by atoms with Crippen LogP contribution in [0.25, 0.3) is 5.76 Å². The summed E-state index contributed by atoms with van der Waals surface area (Å²) in [6.07, 6.45) is -1.61. The number of hydrogen-bond donors (Lipinski definition) is 6. The molecule has 4 rings (SSSR count). The van der Waals surface area contributed by atoms with E-state index in [0.29, 0.717) is 5.56 Å². The second-order valence-electron chi connectivity index (χ2n) is 8.79. The highest BCUT2D eigenvalue weighted by atomic mass is 16.3. The lowest BCUT2D eigenvalue weighted by molar-refractivity contribution is -0.178. The van der Waals surface area contributed by atoms with Gasteiger partial charge >= 0.3 is 0 Å². The molecule has 2 fully saturated rings. The van der Waals surface area contributed by atoms with E-state index in [4.69, 9.17) is 5.73 Å². The molecule has 1 aromatic rings. The van der Waals surface area contributed by atoms with Gasteiger partial charge in [0.15, 0.2) is 17.3 Å². The van der Waals surface area contributed by atoms with Gasteiger partial charge in [-0.05, 0) is 31.6 Å². The second kappa shape index (κ2) is 6.89. The molecular weight excluding hydrogens is 420 g/mol. The molecular formula is C22H24N2O8. The Kier molecular flexibility index (Phi) is 4.74. The Bertz CT molecular complexity index is 1130. The summed E-state index contributed by atoms with van der Waals surface area (Å²) in [5.41, 5.74) is 1.44. The Balaban J connectivity index is 2.04. The van der Waals surface area contributed by atoms with Gasteiger partial charge in [-0.1, -0.05) is 19.1 Å². The normalized spacial score (nSPS) is 36.1. The van der Waals surface area contributed by atoms with Gasteiger partial charge in [0, 0.05) is 11.5 Å². The number of nitrogens with zero attached hydrogens (tertiary/aromatic N) is 1. The van der Waals surface area contributed by atoms with Crippen LogP contribution in [0.3, 0.4) is 0 Å². The molecule has 0 aliphatic heterocycles. The van der Waals surface area contributed by atoms with Crippen molar-refractivity contribution in [3.05, 3.63) is 46.4 Å². The van der Waals surface area contributed by atoms with Crippen molar-refractivity contribution >= 4 is 23.1 Å². The highest BCUT2D eigenvalue weighted by Gasteiger charge is 2.70. The standard InChI is InChI=1S/C22H24N2O8/c1-7-8-5-4-6-9(25)11(8)16(26)12-10(7)17(27)14-15(24(2)3)18(28)13(21(23)31)20(30)22(14,32)19(12)29/h4-7,10,14-15,17,25-27,31-32H,23H2,1-3H3/t7-,10+,14+,15-,17-,22-/m0/s1. The average molecular weight is 444 g/mol. The number of likely N-dealkylation sites (N-methyl/N-ethyl adjacent to an activating group) is 1. The third-order valence-electron chi connectivity index (χ3n) is 6.98. The zero-order chi connectivity index (χ0) is 23.9. The predicted molar refractivity (Wildman–Crippen MR) is 110 cm³/mol. The Labute approximate surface area is 182 Å². The molecule has 10 nitrogen and oxygen atoms in total. The summed E-state index contributed by atoms with van der Waals surface area (Å²) in [4.78, 5) is 41.1. The number of phenolic OH excluding ortho intramolecular Hbond substituents is 1. The zero-order valence-corrected chi connectivity index (χ0v) is 17.6. The lowest BCUT2D eigenvalue weighted by Crippen LogP contribution is -2.73. The number of Topliss-reactive ketones (excluding diaryl/α,β-unsaturated/α-hetero) is 3. The molecule has 10 heteroatoms. The molecule has 170 valence electrons. The first-order chi connectivity index (χ1) is 14.9. The summed E-state index contributed by atoms with van der Waals surface area (Å²) in [5, 5.41) is 53.9. The van der Waals surface area contributed by atoms with E-state index in [1.165, 1.54) is 25.1 Å². The predicted octanol–water partition coefficient (Wildman–Crippen LogP) is -0.504. The molecule has 1 aromatic carbocycles. The van der Waals surface area contributed by atoms with E-state index >= 15 is 0 Å². The Hall–Kier alpha value is -3.21. The van der Waals surface area contributed by atoms with Crippen molar-refractivity contribution in [2.24, 2.45) is 17.6 Å². The summed E-state index contributed by atoms with van der Waals surface area (Å²) in [7, 11) is 2.92. The number of rotatable bonds is 1. The topological polar surface area (TPSA) is 182 Å². The maximum Gasteiger partial charge on any atom is 0.211 e. The lowest BCUT2D eigenvalue weighted by Gasteiger charge is -2.53. The fraction of sp³-hybridized carbons (Fsp3) is 0.409. The molecule has 7 N–H and O–H groups in total. The van der Waals surface area contributed by atoms with Crippen LogP contribution in [0, 0.1) is 11.8 Å². The Morgan fingerprint density at radius 3 is 2.31 bits per heavy atom. The van der Waals surface area contributed by atoms with Crippen LogP contribution in [0.15, 0.2) is 35.2 Å². The van der Waals surface area contributed by atoms with E-state index < -0.39 is 75.6 Å². The van der Waals surface area contributed by atoms with Gasteiger partial charge in [-0.15, -0.1) is 0 Å². The SMILES string of the molecule is C[C@H]1c2cccc(O)c2C(O)=C2C(=O)[C@]3(O)C(=O)C(=C(N)O)C(=O)[C@@H](N(C)C)[C@@H]3[C@@H](O)[C@@H]21. The third-order valence-corrected chi connectivity index (χ3v) is 6.98. The summed E-state index contributed by atoms with van der Waals surface area (Å²) < 4.78 is 0. The first-order valence-electron chi connectivity index (χ1n) is 10.0. The van der Waals surface area contributed by atoms with Crippen molar-refractivity contribution < 1.29 is 39.9 Å². The number of fused-ring (bicyclic) bond motifs is 3. The number of nitrogens with two attached hydrogens (primary N) is 1. The number of carbonyl (C=O) groups is 3. The molecule has 0 aromatic heterocycles. The first kappa shape index (κ1) is 22.0. The van der Waals surface area contributed by atoms with Gasteiger partial charge < -0.3 is 31.3 Å². The van der Waals surface area contributed by atoms with Gasteiger partial charge in [0.25, 0.3) is 0 Å². The molecule has 0 spiro atoms. The fourth-order valence-electron chi connectivity index (χ4n) is 5.56. The summed E-state index contributed by atoms with van der Waals surface area (Å²) >= 11 is 0. The monoisotopic (exact) mass is 444 g/mol. The van der Waals surface area contributed by atoms with Crippen molar-refractivity contribution in [2.75, 3.05) is 14.1 Å². The van der Waals surface area contributed by atoms with Crippen LogP contribution >= 0.6 is 0 Å². The van der Waals surface area contributed by atoms with E-state index in [1.54, 1.807) is 19.1 Å². The number of aromatic hydroxyl groups is 1. The molecule has 3 aliphatic rings. The maximum atomic E-state index is 13.6. The van der Waals surface area contributed by atoms with Crippen LogP contribution < -0.4 is 5.73 Å². The molecule has 32 heavy (non-hydrogen) atoms. The van der Waals surface area contributed by atoms with Crippen LogP contribution in [-0.2, 0) is 14.4 Å². The molecule has 0 heterocycles. The number of aliphatic hydroxyl groups excluding tert-OH is 3. The van der Waals surface area contributed by atoms with Crippen molar-refractivity contribution in [2.45, 2.75) is 30.6 Å². The molecule has 3 aliphatic carbocycles. The number of ketones is 3. The molecule has 0 unspecified atom stereocenters. The van der Waals surface area contributed by atoms with E-state index in [2.05, 4.69) is 0 Å². The molecule has 0 radical (unpaired) electrons. The average Bonchev–Trinajstić information content (AvgIpc) is 2.70. The van der Waals surface area contributed by atoms with Gasteiger partial charge in [-0.3, -0.25) is 19.3 Å². The zero-order valence-electron chi connectivity index (χ0n) is 17.6. The third kappa shape index (κ3) is 2.48. The largest absolute Gasteiger partial charge is 0.507 e. The molecule has 6 atom stereocenters. The van der Waals surface area contributed by atoms with Gasteiger partial charge in [0.05, 0.1) is 23.6 Å². The smallest absolute Gasteiger partial charge is 0.211 e. The van der Waals surface area contributed by atoms with Crippen LogP contribution in [0.1, 0.15) is 24.0 Å². The number of hydrogen-bond acceptors (Lipinski definition) is 10. The minimum Gasteiger partial charge on any atom is -0.507 e. The number of phenols is 1. The van der Waals surface area contributed by atoms with E-state index in [0.717, 1.165) is 0 Å². The number of benzene rings is 1. The molecule has 0 amide bonds. The molecule has 0 saturated heterocycles. The molecule has 0 bridgehead atoms. The first-order valence-corrected chi connectivity index (χ1v) is 10.0. The van der Waals surface area contributed by atoms with Crippen molar-refractivity contribution in [1.82, 2.24) is 4.90 Å². The van der Waals surface area contributed by atoms with E-state index in [9.17, 15) is 39.9 Å². The van der Waals surface area contributed by atoms with Crippen LogP contribution in [-0.4, -0.2) is 79.6 Å². The summed E-state index contributed by atoms with van der Waals surface area (Å²) in [6.45, 7) is 1.67. The van der Waals surface area contributed by atoms with Gasteiger partial charge in [-0.2, -0.15) is 0 Å². The Morgan fingerprint density at radius 2 is 1.75 bits per heavy atom. The lowest BCUT2D eigenvalue weighted by atomic mass is 9.53. The minimum atomic E-state index is -2.97. The van der Waals surface area contributed by atoms with Crippen molar-refractivity contribution in [3.63, 3.8) is 0 Å². The van der Waals surface area contributed by atoms with E-state index in [1.807, 2.05) is 0 Å². The van der Waals surface area contributed by atoms with Crippen LogP contribution in [0.5, 0.6) is 5.75 Å². The maximum absolute atomic E-state index is 13.6. The molecule has 2 saturated carbocycles. The highest BCUT2D eigenvalue weighted by Crippen LogP contribution is 2.55. The van der Waals surface area contributed by atoms with Crippen LogP contribution in [0.2, 0.25) is 0 Å². The van der Waals surface area contributed by atoms with Crippen molar-refractivity contribution in [3.8, 4) is 5.75 Å². The number of aliphatic hydroxyl groups is 4. The fourth-order valence-corrected chi connectivity index (χ4v) is 5.56. The van der Waals surface area contributed by atoms with E-state index in [-0.39, 0.29) is 11.3 Å².